The SMILES string of the molecule is COC(=O)c1ccc2cc(C(=O)O)ccc2c1.[K+]. The maximum absolute atomic E-state index is 11.3. The first-order chi connectivity index (χ1) is 8.11. The van der Waals surface area contributed by atoms with Crippen LogP contribution in [0, 0.1) is 0 Å². The molecule has 0 unspecified atom stereocenters. The maximum atomic E-state index is 11.3. The number of carbonyl (C=O) groups is 2. The minimum absolute atomic E-state index is 0. The molecule has 0 atom stereocenters. The van der Waals surface area contributed by atoms with Crippen LogP contribution in [-0.2, 0) is 4.74 Å². The van der Waals surface area contributed by atoms with Gasteiger partial charge < -0.3 is 9.84 Å². The number of fused-ring (bicyclic) bond motifs is 1. The van der Waals surface area contributed by atoms with E-state index in [2.05, 4.69) is 4.74 Å². The number of esters is 1. The molecule has 0 saturated carbocycles. The number of carboxylic acid groups (broad SMARTS) is 1. The molecule has 2 aromatic rings. The van der Waals surface area contributed by atoms with Crippen LogP contribution < -0.4 is 51.4 Å². The van der Waals surface area contributed by atoms with Crippen molar-refractivity contribution in [3.05, 3.63) is 47.5 Å². The number of methoxy groups -OCH3 is 1. The second kappa shape index (κ2) is 6.45. The third-order valence-corrected chi connectivity index (χ3v) is 2.51. The van der Waals surface area contributed by atoms with E-state index in [1.807, 2.05) is 0 Å². The van der Waals surface area contributed by atoms with E-state index < -0.39 is 11.9 Å². The topological polar surface area (TPSA) is 63.6 Å². The van der Waals surface area contributed by atoms with Gasteiger partial charge >= 0.3 is 63.3 Å². The van der Waals surface area contributed by atoms with Gasteiger partial charge in [0.25, 0.3) is 0 Å². The Bertz CT molecular complexity index is 607. The molecule has 0 aromatic heterocycles. The largest absolute Gasteiger partial charge is 1.00 e. The molecule has 0 aliphatic heterocycles. The molecule has 18 heavy (non-hydrogen) atoms. The Labute approximate surface area is 146 Å². The van der Waals surface area contributed by atoms with E-state index in [4.69, 9.17) is 5.11 Å². The van der Waals surface area contributed by atoms with Gasteiger partial charge in [-0.3, -0.25) is 0 Å². The fraction of sp³-hybridized carbons (Fsp3) is 0.0769. The molecule has 2 rings (SSSR count). The molecule has 0 radical (unpaired) electrons. The van der Waals surface area contributed by atoms with E-state index in [0.717, 1.165) is 10.8 Å². The van der Waals surface area contributed by atoms with E-state index >= 15 is 0 Å². The van der Waals surface area contributed by atoms with E-state index in [0.29, 0.717) is 5.56 Å². The van der Waals surface area contributed by atoms with Crippen molar-refractivity contribution in [1.82, 2.24) is 0 Å². The number of aromatic carboxylic acids is 1. The molecular weight excluding hydrogens is 259 g/mol. The van der Waals surface area contributed by atoms with Crippen LogP contribution in [0.25, 0.3) is 10.8 Å². The Morgan fingerprint density at radius 2 is 1.50 bits per heavy atom. The van der Waals surface area contributed by atoms with Crippen molar-refractivity contribution in [2.45, 2.75) is 0 Å². The maximum Gasteiger partial charge on any atom is 1.00 e. The molecule has 5 heteroatoms. The number of carbonyl (C=O) groups excluding carboxylic acids is 1. The summed E-state index contributed by atoms with van der Waals surface area (Å²) in [5.41, 5.74) is 0.673. The second-order valence-corrected chi connectivity index (χ2v) is 3.57. The van der Waals surface area contributed by atoms with Gasteiger partial charge in [-0.2, -0.15) is 0 Å². The Balaban J connectivity index is 0.00000162. The Hall–Kier alpha value is -0.724. The average Bonchev–Trinajstić information content (AvgIpc) is 2.36. The third kappa shape index (κ3) is 3.18. The van der Waals surface area contributed by atoms with Crippen LogP contribution in [-0.4, -0.2) is 24.2 Å². The minimum Gasteiger partial charge on any atom is -0.478 e. The Morgan fingerprint density at radius 1 is 1.00 bits per heavy atom. The normalized spacial score (nSPS) is 9.61. The van der Waals surface area contributed by atoms with Crippen LogP contribution in [0.15, 0.2) is 36.4 Å². The molecule has 0 saturated heterocycles. The van der Waals surface area contributed by atoms with Gasteiger partial charge in [-0.1, -0.05) is 12.1 Å². The molecule has 0 amide bonds. The molecule has 86 valence electrons. The molecule has 2 aromatic carbocycles. The molecule has 0 bridgehead atoms. The van der Waals surface area contributed by atoms with Crippen molar-refractivity contribution in [1.29, 1.82) is 0 Å². The van der Waals surface area contributed by atoms with E-state index in [1.165, 1.54) is 13.2 Å². The molecular formula is C13H10KO4+. The van der Waals surface area contributed by atoms with E-state index in [1.54, 1.807) is 30.3 Å². The third-order valence-electron chi connectivity index (χ3n) is 2.51. The van der Waals surface area contributed by atoms with Crippen molar-refractivity contribution in [3.8, 4) is 0 Å². The van der Waals surface area contributed by atoms with Crippen molar-refractivity contribution < 1.29 is 70.8 Å². The van der Waals surface area contributed by atoms with Crippen LogP contribution in [0.2, 0.25) is 0 Å². The van der Waals surface area contributed by atoms with Gasteiger partial charge in [0.15, 0.2) is 0 Å². The molecule has 0 fully saturated rings. The smallest absolute Gasteiger partial charge is 0.478 e. The summed E-state index contributed by atoms with van der Waals surface area (Å²) in [5.74, 6) is -1.38. The van der Waals surface area contributed by atoms with Gasteiger partial charge in [-0.05, 0) is 35.0 Å². The van der Waals surface area contributed by atoms with Crippen LogP contribution >= 0.6 is 0 Å². The first-order valence-corrected chi connectivity index (χ1v) is 4.97. The molecule has 0 aliphatic rings. The van der Waals surface area contributed by atoms with Crippen LogP contribution in [0.5, 0.6) is 0 Å². The van der Waals surface area contributed by atoms with E-state index in [-0.39, 0.29) is 56.9 Å². The molecule has 4 nitrogen and oxygen atoms in total. The number of hydrogen-bond donors (Lipinski definition) is 1. The Kier molecular flexibility index (Phi) is 5.49. The number of carboxylic acids is 1. The van der Waals surface area contributed by atoms with E-state index in [9.17, 15) is 9.59 Å². The molecule has 1 N–H and O–H groups in total. The number of ether oxygens (including phenoxy) is 1. The van der Waals surface area contributed by atoms with Gasteiger partial charge in [-0.25, -0.2) is 9.59 Å². The number of benzene rings is 2. The van der Waals surface area contributed by atoms with Gasteiger partial charge in [0.1, 0.15) is 0 Å². The van der Waals surface area contributed by atoms with Crippen molar-refractivity contribution >= 4 is 22.7 Å². The summed E-state index contributed by atoms with van der Waals surface area (Å²) in [6.45, 7) is 0. The molecule has 0 spiro atoms. The zero-order valence-corrected chi connectivity index (χ0v) is 13.3. The summed E-state index contributed by atoms with van der Waals surface area (Å²) in [7, 11) is 1.32. The fourth-order valence-electron chi connectivity index (χ4n) is 1.62. The monoisotopic (exact) mass is 269 g/mol. The summed E-state index contributed by atoms with van der Waals surface area (Å²) in [6, 6.07) is 9.73. The predicted molar refractivity (Wildman–Crippen MR) is 62.2 cm³/mol. The molecule has 0 heterocycles. The van der Waals surface area contributed by atoms with Crippen molar-refractivity contribution in [3.63, 3.8) is 0 Å². The zero-order valence-electron chi connectivity index (χ0n) is 10.1. The summed E-state index contributed by atoms with van der Waals surface area (Å²) in [4.78, 5) is 22.1. The summed E-state index contributed by atoms with van der Waals surface area (Å²) >= 11 is 0. The Morgan fingerprint density at radius 3 is 2.00 bits per heavy atom. The minimum atomic E-state index is -0.969. The summed E-state index contributed by atoms with van der Waals surface area (Å²) in [5, 5.41) is 10.4. The van der Waals surface area contributed by atoms with Gasteiger partial charge in [0, 0.05) is 0 Å². The first-order valence-electron chi connectivity index (χ1n) is 4.97. The zero-order chi connectivity index (χ0) is 12.4. The number of rotatable bonds is 2. The predicted octanol–water partition coefficient (Wildman–Crippen LogP) is -0.671. The summed E-state index contributed by atoms with van der Waals surface area (Å²) in [6.07, 6.45) is 0. The second-order valence-electron chi connectivity index (χ2n) is 3.57. The van der Waals surface area contributed by atoms with Crippen LogP contribution in [0.1, 0.15) is 20.7 Å². The van der Waals surface area contributed by atoms with Crippen molar-refractivity contribution in [2.75, 3.05) is 7.11 Å². The van der Waals surface area contributed by atoms with Gasteiger partial charge in [0.05, 0.1) is 18.2 Å². The average molecular weight is 269 g/mol. The first kappa shape index (κ1) is 15.3. The quantitative estimate of drug-likeness (QED) is 0.580. The summed E-state index contributed by atoms with van der Waals surface area (Å²) < 4.78 is 4.61. The fourth-order valence-corrected chi connectivity index (χ4v) is 1.62. The standard InChI is InChI=1S/C13H10O4.K/c1-17-13(16)11-5-3-8-6-10(12(14)15)4-2-9(8)7-11;/h2-7H,1H3,(H,14,15);/q;+1. The van der Waals surface area contributed by atoms with Crippen LogP contribution in [0.3, 0.4) is 0 Å². The van der Waals surface area contributed by atoms with Gasteiger partial charge in [-0.15, -0.1) is 0 Å². The number of hydrogen-bond acceptors (Lipinski definition) is 3. The molecule has 0 aliphatic carbocycles. The van der Waals surface area contributed by atoms with Gasteiger partial charge in [0.2, 0.25) is 0 Å². The van der Waals surface area contributed by atoms with Crippen molar-refractivity contribution in [2.24, 2.45) is 0 Å². The van der Waals surface area contributed by atoms with Crippen LogP contribution in [0.4, 0.5) is 0 Å².